The van der Waals surface area contributed by atoms with E-state index in [2.05, 4.69) is 25.1 Å². The average Bonchev–Trinajstić information content (AvgIpc) is 2.65. The van der Waals surface area contributed by atoms with Crippen molar-refractivity contribution in [3.8, 4) is 0 Å². The number of rotatable bonds is 4. The molecular formula is C13H19NS. The van der Waals surface area contributed by atoms with Crippen molar-refractivity contribution in [3.05, 3.63) is 29.3 Å². The van der Waals surface area contributed by atoms with Gasteiger partial charge >= 0.3 is 0 Å². The number of aryl methyl sites for hydroxylation is 2. The zero-order valence-electron chi connectivity index (χ0n) is 9.33. The van der Waals surface area contributed by atoms with Gasteiger partial charge in [-0.2, -0.15) is 0 Å². The number of benzene rings is 1. The van der Waals surface area contributed by atoms with Crippen LogP contribution in [0.3, 0.4) is 0 Å². The first-order valence-electron chi connectivity index (χ1n) is 5.78. The largest absolute Gasteiger partial charge is 0.330 e. The van der Waals surface area contributed by atoms with Crippen molar-refractivity contribution < 1.29 is 0 Å². The molecule has 0 amide bonds. The first kappa shape index (κ1) is 11.0. The predicted molar refractivity (Wildman–Crippen MR) is 67.5 cm³/mol. The Kier molecular flexibility index (Phi) is 3.71. The lowest BCUT2D eigenvalue weighted by molar-refractivity contribution is 0.823. The van der Waals surface area contributed by atoms with Gasteiger partial charge < -0.3 is 5.73 Å². The molecule has 1 aromatic carbocycles. The summed E-state index contributed by atoms with van der Waals surface area (Å²) < 4.78 is 0. The Balaban J connectivity index is 2.03. The van der Waals surface area contributed by atoms with Crippen LogP contribution < -0.4 is 5.73 Å². The molecule has 82 valence electrons. The van der Waals surface area contributed by atoms with Crippen molar-refractivity contribution in [2.24, 2.45) is 5.73 Å². The Morgan fingerprint density at radius 1 is 1.33 bits per heavy atom. The molecule has 0 aliphatic heterocycles. The molecule has 0 saturated carbocycles. The Morgan fingerprint density at radius 3 is 2.93 bits per heavy atom. The van der Waals surface area contributed by atoms with E-state index in [1.165, 1.54) is 24.2 Å². The molecule has 1 aliphatic rings. The molecule has 1 unspecified atom stereocenters. The summed E-state index contributed by atoms with van der Waals surface area (Å²) in [6.45, 7) is 3.05. The van der Waals surface area contributed by atoms with Crippen LogP contribution >= 0.6 is 11.8 Å². The maximum Gasteiger partial charge on any atom is 0.00780 e. The number of nitrogens with two attached hydrogens (primary N) is 1. The normalized spacial score (nSPS) is 16.4. The zero-order chi connectivity index (χ0) is 10.7. The molecule has 0 radical (unpaired) electrons. The number of hydrogen-bond donors (Lipinski definition) is 1. The minimum atomic E-state index is 0.634. The van der Waals surface area contributed by atoms with Crippen molar-refractivity contribution in [2.75, 3.05) is 6.54 Å². The minimum Gasteiger partial charge on any atom is -0.330 e. The Morgan fingerprint density at radius 2 is 2.13 bits per heavy atom. The van der Waals surface area contributed by atoms with Crippen LogP contribution in [0.2, 0.25) is 0 Å². The van der Waals surface area contributed by atoms with Crippen LogP contribution in [0.5, 0.6) is 0 Å². The molecule has 1 aromatic rings. The summed E-state index contributed by atoms with van der Waals surface area (Å²) in [5.41, 5.74) is 8.69. The van der Waals surface area contributed by atoms with Crippen LogP contribution in [0.1, 0.15) is 30.9 Å². The zero-order valence-corrected chi connectivity index (χ0v) is 10.1. The standard InChI is InChI=1S/C13H19NS/c1-10(7-8-14)15-13-6-5-11-3-2-4-12(11)9-13/h5-6,9-10H,2-4,7-8,14H2,1H3. The SMILES string of the molecule is CC(CCN)Sc1ccc2c(c1)CCC2. The quantitative estimate of drug-likeness (QED) is 0.791. The van der Waals surface area contributed by atoms with E-state index in [1.807, 2.05) is 11.8 Å². The first-order valence-corrected chi connectivity index (χ1v) is 6.66. The van der Waals surface area contributed by atoms with Gasteiger partial charge in [0.2, 0.25) is 0 Å². The van der Waals surface area contributed by atoms with Crippen LogP contribution in [0.25, 0.3) is 0 Å². The third-order valence-electron chi connectivity index (χ3n) is 2.98. The molecule has 1 aliphatic carbocycles. The van der Waals surface area contributed by atoms with E-state index in [9.17, 15) is 0 Å². The molecule has 0 aromatic heterocycles. The molecule has 0 heterocycles. The highest BCUT2D eigenvalue weighted by atomic mass is 32.2. The molecule has 2 rings (SSSR count). The second kappa shape index (κ2) is 5.04. The highest BCUT2D eigenvalue weighted by Gasteiger charge is 2.11. The van der Waals surface area contributed by atoms with Crippen molar-refractivity contribution >= 4 is 11.8 Å². The lowest BCUT2D eigenvalue weighted by Crippen LogP contribution is -2.06. The third-order valence-corrected chi connectivity index (χ3v) is 4.14. The topological polar surface area (TPSA) is 26.0 Å². The number of hydrogen-bond acceptors (Lipinski definition) is 2. The molecule has 2 heteroatoms. The molecule has 1 nitrogen and oxygen atoms in total. The van der Waals surface area contributed by atoms with Crippen molar-refractivity contribution in [1.29, 1.82) is 0 Å². The maximum atomic E-state index is 5.56. The highest BCUT2D eigenvalue weighted by molar-refractivity contribution is 7.99. The molecule has 0 spiro atoms. The third kappa shape index (κ3) is 2.76. The van der Waals surface area contributed by atoms with Gasteiger partial charge in [0.1, 0.15) is 0 Å². The van der Waals surface area contributed by atoms with E-state index in [1.54, 1.807) is 11.1 Å². The van der Waals surface area contributed by atoms with Gasteiger partial charge in [-0.25, -0.2) is 0 Å². The van der Waals surface area contributed by atoms with Gasteiger partial charge in [-0.1, -0.05) is 13.0 Å². The van der Waals surface area contributed by atoms with Gasteiger partial charge in [0.05, 0.1) is 0 Å². The van der Waals surface area contributed by atoms with Crippen LogP contribution in [0.4, 0.5) is 0 Å². The van der Waals surface area contributed by atoms with E-state index in [-0.39, 0.29) is 0 Å². The Bertz CT molecular complexity index is 335. The molecule has 0 saturated heterocycles. The lowest BCUT2D eigenvalue weighted by Gasteiger charge is -2.10. The predicted octanol–water partition coefficient (Wildman–Crippen LogP) is 3.00. The lowest BCUT2D eigenvalue weighted by atomic mass is 10.1. The van der Waals surface area contributed by atoms with E-state index in [0.717, 1.165) is 13.0 Å². The fourth-order valence-electron chi connectivity index (χ4n) is 2.15. The van der Waals surface area contributed by atoms with Gasteiger partial charge in [-0.05, 0) is 55.5 Å². The molecule has 0 fully saturated rings. The summed E-state index contributed by atoms with van der Waals surface area (Å²) in [4.78, 5) is 1.41. The average molecular weight is 221 g/mol. The van der Waals surface area contributed by atoms with Crippen LogP contribution in [0.15, 0.2) is 23.1 Å². The monoisotopic (exact) mass is 221 g/mol. The van der Waals surface area contributed by atoms with Gasteiger partial charge in [0.25, 0.3) is 0 Å². The van der Waals surface area contributed by atoms with E-state index in [0.29, 0.717) is 5.25 Å². The van der Waals surface area contributed by atoms with Gasteiger partial charge in [-0.3, -0.25) is 0 Å². The van der Waals surface area contributed by atoms with E-state index in [4.69, 9.17) is 5.73 Å². The summed E-state index contributed by atoms with van der Waals surface area (Å²) in [6.07, 6.45) is 4.98. The van der Waals surface area contributed by atoms with Gasteiger partial charge in [0, 0.05) is 10.1 Å². The second-order valence-electron chi connectivity index (χ2n) is 4.29. The molecule has 15 heavy (non-hydrogen) atoms. The Hall–Kier alpha value is -0.470. The summed E-state index contributed by atoms with van der Waals surface area (Å²) in [6, 6.07) is 6.95. The Labute approximate surface area is 96.4 Å². The fourth-order valence-corrected chi connectivity index (χ4v) is 3.22. The molecule has 2 N–H and O–H groups in total. The van der Waals surface area contributed by atoms with E-state index >= 15 is 0 Å². The van der Waals surface area contributed by atoms with Crippen LogP contribution in [0, 0.1) is 0 Å². The van der Waals surface area contributed by atoms with E-state index < -0.39 is 0 Å². The first-order chi connectivity index (χ1) is 7.29. The number of thioether (sulfide) groups is 1. The smallest absolute Gasteiger partial charge is 0.00780 e. The molecule has 1 atom stereocenters. The van der Waals surface area contributed by atoms with Crippen LogP contribution in [-0.2, 0) is 12.8 Å². The minimum absolute atomic E-state index is 0.634. The summed E-state index contributed by atoms with van der Waals surface area (Å²) in [5, 5.41) is 0.634. The van der Waals surface area contributed by atoms with Crippen molar-refractivity contribution in [1.82, 2.24) is 0 Å². The summed E-state index contributed by atoms with van der Waals surface area (Å²) >= 11 is 1.95. The molecular weight excluding hydrogens is 202 g/mol. The summed E-state index contributed by atoms with van der Waals surface area (Å²) in [5.74, 6) is 0. The maximum absolute atomic E-state index is 5.56. The van der Waals surface area contributed by atoms with Crippen molar-refractivity contribution in [2.45, 2.75) is 42.8 Å². The summed E-state index contributed by atoms with van der Waals surface area (Å²) in [7, 11) is 0. The highest BCUT2D eigenvalue weighted by Crippen LogP contribution is 2.30. The van der Waals surface area contributed by atoms with Gasteiger partial charge in [-0.15, -0.1) is 11.8 Å². The number of fused-ring (bicyclic) bond motifs is 1. The van der Waals surface area contributed by atoms with Crippen molar-refractivity contribution in [3.63, 3.8) is 0 Å². The van der Waals surface area contributed by atoms with Crippen LogP contribution in [-0.4, -0.2) is 11.8 Å². The molecule has 0 bridgehead atoms. The van der Waals surface area contributed by atoms with Gasteiger partial charge in [0.15, 0.2) is 0 Å². The fraction of sp³-hybridized carbons (Fsp3) is 0.538. The second-order valence-corrected chi connectivity index (χ2v) is 5.80.